The Balaban J connectivity index is 2.08. The van der Waals surface area contributed by atoms with Gasteiger partial charge in [-0.05, 0) is 45.6 Å². The highest BCUT2D eigenvalue weighted by molar-refractivity contribution is 7.07. The second-order valence-corrected chi connectivity index (χ2v) is 6.81. The number of hydrazine groups is 1. The molecule has 0 aliphatic heterocycles. The van der Waals surface area contributed by atoms with Crippen LogP contribution in [-0.2, 0) is 6.42 Å². The molecule has 1 heterocycles. The van der Waals surface area contributed by atoms with E-state index >= 15 is 0 Å². The predicted molar refractivity (Wildman–Crippen MR) is 70.2 cm³/mol. The van der Waals surface area contributed by atoms with Crippen molar-refractivity contribution in [2.45, 2.75) is 40.2 Å². The van der Waals surface area contributed by atoms with Crippen molar-refractivity contribution < 1.29 is 0 Å². The first kappa shape index (κ1) is 12.1. The summed E-state index contributed by atoms with van der Waals surface area (Å²) < 4.78 is 0. The summed E-state index contributed by atoms with van der Waals surface area (Å²) in [6.45, 7) is 9.37. The first-order chi connectivity index (χ1) is 7.41. The molecule has 16 heavy (non-hydrogen) atoms. The van der Waals surface area contributed by atoms with Crippen LogP contribution >= 0.6 is 11.3 Å². The van der Waals surface area contributed by atoms with Gasteiger partial charge in [0, 0.05) is 6.04 Å². The zero-order chi connectivity index (χ0) is 12.0. The van der Waals surface area contributed by atoms with Crippen LogP contribution in [0.1, 0.15) is 33.3 Å². The number of nitrogens with one attached hydrogen (secondary N) is 1. The van der Waals surface area contributed by atoms with Gasteiger partial charge in [-0.2, -0.15) is 11.3 Å². The minimum absolute atomic E-state index is 0.389. The van der Waals surface area contributed by atoms with E-state index in [-0.39, 0.29) is 0 Å². The van der Waals surface area contributed by atoms with Gasteiger partial charge in [-0.3, -0.25) is 11.3 Å². The molecule has 1 atom stereocenters. The van der Waals surface area contributed by atoms with E-state index in [1.165, 1.54) is 5.56 Å². The molecule has 2 nitrogen and oxygen atoms in total. The van der Waals surface area contributed by atoms with E-state index in [2.05, 4.69) is 49.9 Å². The first-order valence-corrected chi connectivity index (χ1v) is 6.82. The molecule has 0 saturated heterocycles. The monoisotopic (exact) mass is 238 g/mol. The number of nitrogens with two attached hydrogens (primary N) is 1. The highest BCUT2D eigenvalue weighted by atomic mass is 32.1. The standard InChI is InChI=1S/C13H22N2S/c1-12(2)11(13(12,3)4)10(15-14)7-9-5-6-16-8-9/h5-6,8,10-11,15H,7,14H2,1-4H3. The van der Waals surface area contributed by atoms with E-state index in [1.54, 1.807) is 11.3 Å². The van der Waals surface area contributed by atoms with Crippen molar-refractivity contribution in [1.82, 2.24) is 5.43 Å². The van der Waals surface area contributed by atoms with Crippen molar-refractivity contribution >= 4 is 11.3 Å². The molecule has 1 aromatic rings. The third-order valence-corrected chi connectivity index (χ3v) is 5.52. The SMILES string of the molecule is CC1(C)C(C(Cc2ccsc2)NN)C1(C)C. The molecule has 0 bridgehead atoms. The van der Waals surface area contributed by atoms with Gasteiger partial charge in [0.2, 0.25) is 0 Å². The van der Waals surface area contributed by atoms with Crippen LogP contribution in [0, 0.1) is 16.7 Å². The number of hydrogen-bond acceptors (Lipinski definition) is 3. The number of hydrogen-bond donors (Lipinski definition) is 2. The molecule has 1 aliphatic rings. The molecule has 0 radical (unpaired) electrons. The molecule has 0 aromatic carbocycles. The van der Waals surface area contributed by atoms with Gasteiger partial charge >= 0.3 is 0 Å². The lowest BCUT2D eigenvalue weighted by Crippen LogP contribution is -2.40. The maximum atomic E-state index is 5.73. The van der Waals surface area contributed by atoms with E-state index in [0.29, 0.717) is 22.8 Å². The second kappa shape index (κ2) is 3.83. The third kappa shape index (κ3) is 1.71. The maximum Gasteiger partial charge on any atom is 0.0290 e. The molecule has 1 aliphatic carbocycles. The van der Waals surface area contributed by atoms with Crippen molar-refractivity contribution in [3.8, 4) is 0 Å². The predicted octanol–water partition coefficient (Wildman–Crippen LogP) is 2.80. The maximum absolute atomic E-state index is 5.73. The normalized spacial score (nSPS) is 24.3. The molecular formula is C13H22N2S. The Hall–Kier alpha value is -0.380. The smallest absolute Gasteiger partial charge is 0.0290 e. The minimum atomic E-state index is 0.389. The van der Waals surface area contributed by atoms with Crippen LogP contribution in [0.4, 0.5) is 0 Å². The minimum Gasteiger partial charge on any atom is -0.271 e. The van der Waals surface area contributed by atoms with Crippen molar-refractivity contribution in [3.63, 3.8) is 0 Å². The highest BCUT2D eigenvalue weighted by Crippen LogP contribution is 2.69. The molecular weight excluding hydrogens is 216 g/mol. The lowest BCUT2D eigenvalue weighted by atomic mass is 9.99. The Morgan fingerprint density at radius 2 is 2.00 bits per heavy atom. The molecule has 0 amide bonds. The van der Waals surface area contributed by atoms with Crippen LogP contribution in [0.3, 0.4) is 0 Å². The fourth-order valence-corrected chi connectivity index (χ4v) is 3.87. The van der Waals surface area contributed by atoms with Crippen LogP contribution < -0.4 is 11.3 Å². The Kier molecular flexibility index (Phi) is 2.89. The van der Waals surface area contributed by atoms with E-state index in [9.17, 15) is 0 Å². The molecule has 0 spiro atoms. The Morgan fingerprint density at radius 1 is 1.38 bits per heavy atom. The van der Waals surface area contributed by atoms with E-state index in [1.807, 2.05) is 0 Å². The largest absolute Gasteiger partial charge is 0.271 e. The van der Waals surface area contributed by atoms with Crippen LogP contribution in [0.5, 0.6) is 0 Å². The van der Waals surface area contributed by atoms with Crippen molar-refractivity contribution in [2.75, 3.05) is 0 Å². The molecule has 1 fully saturated rings. The molecule has 1 saturated carbocycles. The summed E-state index contributed by atoms with van der Waals surface area (Å²) in [5.74, 6) is 6.38. The molecule has 3 N–H and O–H groups in total. The van der Waals surface area contributed by atoms with Gasteiger partial charge in [-0.25, -0.2) is 0 Å². The molecule has 3 heteroatoms. The molecule has 90 valence electrons. The van der Waals surface area contributed by atoms with Crippen molar-refractivity contribution in [1.29, 1.82) is 0 Å². The summed E-state index contributed by atoms with van der Waals surface area (Å²) in [4.78, 5) is 0. The van der Waals surface area contributed by atoms with Gasteiger partial charge in [0.05, 0.1) is 0 Å². The van der Waals surface area contributed by atoms with Gasteiger partial charge in [0.25, 0.3) is 0 Å². The van der Waals surface area contributed by atoms with Gasteiger partial charge in [-0.15, -0.1) is 0 Å². The Labute approximate surface area is 102 Å². The van der Waals surface area contributed by atoms with Crippen LogP contribution in [-0.4, -0.2) is 6.04 Å². The Bertz CT molecular complexity index is 340. The summed E-state index contributed by atoms with van der Waals surface area (Å²) >= 11 is 1.76. The van der Waals surface area contributed by atoms with Gasteiger partial charge < -0.3 is 0 Å². The van der Waals surface area contributed by atoms with Crippen LogP contribution in [0.15, 0.2) is 16.8 Å². The van der Waals surface area contributed by atoms with Gasteiger partial charge in [0.1, 0.15) is 0 Å². The molecule has 1 unspecified atom stereocenters. The molecule has 1 aromatic heterocycles. The number of thiophene rings is 1. The lowest BCUT2D eigenvalue weighted by Gasteiger charge is -2.17. The zero-order valence-corrected chi connectivity index (χ0v) is 11.4. The molecule has 2 rings (SSSR count). The van der Waals surface area contributed by atoms with Crippen molar-refractivity contribution in [2.24, 2.45) is 22.6 Å². The van der Waals surface area contributed by atoms with E-state index in [4.69, 9.17) is 5.84 Å². The summed E-state index contributed by atoms with van der Waals surface area (Å²) in [5, 5.41) is 4.35. The van der Waals surface area contributed by atoms with E-state index < -0.39 is 0 Å². The summed E-state index contributed by atoms with van der Waals surface area (Å²) in [6, 6.07) is 2.58. The summed E-state index contributed by atoms with van der Waals surface area (Å²) in [6.07, 6.45) is 1.04. The lowest BCUT2D eigenvalue weighted by molar-refractivity contribution is 0.402. The van der Waals surface area contributed by atoms with Gasteiger partial charge in [0.15, 0.2) is 0 Å². The number of rotatable bonds is 4. The quantitative estimate of drug-likeness (QED) is 0.625. The topological polar surface area (TPSA) is 38.0 Å². The summed E-state index contributed by atoms with van der Waals surface area (Å²) in [7, 11) is 0. The van der Waals surface area contributed by atoms with Crippen molar-refractivity contribution in [3.05, 3.63) is 22.4 Å². The van der Waals surface area contributed by atoms with E-state index in [0.717, 1.165) is 6.42 Å². The fourth-order valence-electron chi connectivity index (χ4n) is 3.19. The third-order valence-electron chi connectivity index (χ3n) is 4.78. The summed E-state index contributed by atoms with van der Waals surface area (Å²) in [5.41, 5.74) is 5.19. The van der Waals surface area contributed by atoms with Crippen LogP contribution in [0.2, 0.25) is 0 Å². The highest BCUT2D eigenvalue weighted by Gasteiger charge is 2.66. The van der Waals surface area contributed by atoms with Gasteiger partial charge in [-0.1, -0.05) is 27.7 Å². The average molecular weight is 238 g/mol. The van der Waals surface area contributed by atoms with Crippen LogP contribution in [0.25, 0.3) is 0 Å². The first-order valence-electron chi connectivity index (χ1n) is 5.88. The second-order valence-electron chi connectivity index (χ2n) is 6.03. The Morgan fingerprint density at radius 3 is 2.38 bits per heavy atom. The zero-order valence-electron chi connectivity index (χ0n) is 10.6. The fraction of sp³-hybridized carbons (Fsp3) is 0.692. The average Bonchev–Trinajstić information content (AvgIpc) is 2.63.